The van der Waals surface area contributed by atoms with E-state index in [1.54, 1.807) is 5.57 Å². The second-order valence-corrected chi connectivity index (χ2v) is 6.50. The summed E-state index contributed by atoms with van der Waals surface area (Å²) in [5.74, 6) is 0.938. The number of rotatable bonds is 8. The van der Waals surface area contributed by atoms with Crippen LogP contribution in [0.2, 0.25) is 0 Å². The minimum Gasteiger partial charge on any atom is -0.492 e. The molecular formula is C18H26BrNO. The maximum absolute atomic E-state index is 5.67. The van der Waals surface area contributed by atoms with Gasteiger partial charge < -0.3 is 10.1 Å². The second kappa shape index (κ2) is 9.26. The number of ether oxygens (including phenoxy) is 1. The molecule has 3 heteroatoms. The second-order valence-electron chi connectivity index (χ2n) is 5.65. The van der Waals surface area contributed by atoms with Crippen LogP contribution in [0.5, 0.6) is 5.75 Å². The van der Waals surface area contributed by atoms with Crippen LogP contribution in [0.4, 0.5) is 0 Å². The van der Waals surface area contributed by atoms with Crippen molar-refractivity contribution >= 4 is 15.9 Å². The Morgan fingerprint density at radius 2 is 2.19 bits per heavy atom. The van der Waals surface area contributed by atoms with E-state index in [1.165, 1.54) is 37.7 Å². The highest BCUT2D eigenvalue weighted by Gasteiger charge is 2.04. The molecule has 0 radical (unpaired) electrons. The lowest BCUT2D eigenvalue weighted by molar-refractivity contribution is 0.315. The molecule has 0 amide bonds. The molecule has 0 aromatic heterocycles. The minimum absolute atomic E-state index is 0.769. The Labute approximate surface area is 137 Å². The summed E-state index contributed by atoms with van der Waals surface area (Å²) in [6.07, 6.45) is 9.99. The first-order valence-electron chi connectivity index (χ1n) is 8.09. The Morgan fingerprint density at radius 3 is 2.90 bits per heavy atom. The monoisotopic (exact) mass is 351 g/mol. The van der Waals surface area contributed by atoms with E-state index in [2.05, 4.69) is 52.4 Å². The Balaban J connectivity index is 1.72. The largest absolute Gasteiger partial charge is 0.492 e. The fraction of sp³-hybridized carbons (Fsp3) is 0.556. The molecule has 0 aliphatic heterocycles. The summed E-state index contributed by atoms with van der Waals surface area (Å²) in [6.45, 7) is 4.87. The fourth-order valence-corrected chi connectivity index (χ4v) is 3.14. The van der Waals surface area contributed by atoms with E-state index in [9.17, 15) is 0 Å². The quantitative estimate of drug-likeness (QED) is 0.512. The van der Waals surface area contributed by atoms with Gasteiger partial charge in [0.2, 0.25) is 0 Å². The molecule has 2 rings (SSSR count). The molecule has 0 saturated carbocycles. The summed E-state index contributed by atoms with van der Waals surface area (Å²) in [6, 6.07) is 6.35. The lowest BCUT2D eigenvalue weighted by Crippen LogP contribution is -2.15. The minimum atomic E-state index is 0.769. The van der Waals surface area contributed by atoms with Crippen molar-refractivity contribution in [2.75, 3.05) is 13.2 Å². The molecule has 116 valence electrons. The number of hydrogen-bond acceptors (Lipinski definition) is 2. The molecular weight excluding hydrogens is 326 g/mol. The van der Waals surface area contributed by atoms with Crippen molar-refractivity contribution in [1.82, 2.24) is 5.32 Å². The molecule has 1 aromatic rings. The normalized spacial score (nSPS) is 14.9. The lowest BCUT2D eigenvalue weighted by Gasteiger charge is -2.13. The van der Waals surface area contributed by atoms with Gasteiger partial charge in [-0.05, 0) is 78.7 Å². The first-order valence-corrected chi connectivity index (χ1v) is 8.88. The zero-order valence-corrected chi connectivity index (χ0v) is 14.5. The summed E-state index contributed by atoms with van der Waals surface area (Å²) in [5, 5.41) is 3.54. The van der Waals surface area contributed by atoms with Gasteiger partial charge >= 0.3 is 0 Å². The molecule has 0 saturated heterocycles. The van der Waals surface area contributed by atoms with E-state index >= 15 is 0 Å². The van der Waals surface area contributed by atoms with Crippen molar-refractivity contribution in [3.8, 4) is 5.75 Å². The smallest absolute Gasteiger partial charge is 0.133 e. The first kappa shape index (κ1) is 16.6. The topological polar surface area (TPSA) is 21.3 Å². The van der Waals surface area contributed by atoms with Crippen LogP contribution < -0.4 is 10.1 Å². The van der Waals surface area contributed by atoms with Gasteiger partial charge in [0.1, 0.15) is 5.75 Å². The Hall–Kier alpha value is -0.800. The standard InChI is InChI=1S/C18H26BrNO/c1-2-12-21-18-9-8-16(13-17(18)19)14-20-11-10-15-6-4-3-5-7-15/h6,8-9,13,20H,2-5,7,10-12,14H2,1H3. The molecule has 0 fully saturated rings. The molecule has 21 heavy (non-hydrogen) atoms. The highest BCUT2D eigenvalue weighted by atomic mass is 79.9. The third-order valence-electron chi connectivity index (χ3n) is 3.80. The molecule has 0 bridgehead atoms. The highest BCUT2D eigenvalue weighted by Crippen LogP contribution is 2.26. The summed E-state index contributed by atoms with van der Waals surface area (Å²) >= 11 is 3.59. The van der Waals surface area contributed by atoms with Gasteiger partial charge in [-0.3, -0.25) is 0 Å². The fourth-order valence-electron chi connectivity index (χ4n) is 2.60. The van der Waals surface area contributed by atoms with E-state index < -0.39 is 0 Å². The summed E-state index contributed by atoms with van der Waals surface area (Å²) in [7, 11) is 0. The zero-order chi connectivity index (χ0) is 14.9. The predicted octanol–water partition coefficient (Wildman–Crippen LogP) is 5.22. The Kier molecular flexibility index (Phi) is 7.31. The molecule has 1 aliphatic carbocycles. The molecule has 1 N–H and O–H groups in total. The molecule has 1 aromatic carbocycles. The number of halogens is 1. The van der Waals surface area contributed by atoms with Gasteiger partial charge in [-0.25, -0.2) is 0 Å². The van der Waals surface area contributed by atoms with Crippen LogP contribution in [0.15, 0.2) is 34.3 Å². The van der Waals surface area contributed by atoms with Crippen molar-refractivity contribution in [2.24, 2.45) is 0 Å². The van der Waals surface area contributed by atoms with Gasteiger partial charge in [-0.15, -0.1) is 0 Å². The van der Waals surface area contributed by atoms with Gasteiger partial charge in [-0.1, -0.05) is 24.6 Å². The third-order valence-corrected chi connectivity index (χ3v) is 4.41. The van der Waals surface area contributed by atoms with E-state index in [1.807, 2.05) is 0 Å². The summed E-state index contributed by atoms with van der Waals surface area (Å²) < 4.78 is 6.72. The number of hydrogen-bond donors (Lipinski definition) is 1. The van der Waals surface area contributed by atoms with Crippen molar-refractivity contribution in [2.45, 2.75) is 52.0 Å². The average molecular weight is 352 g/mol. The van der Waals surface area contributed by atoms with Crippen molar-refractivity contribution in [3.63, 3.8) is 0 Å². The maximum Gasteiger partial charge on any atom is 0.133 e. The van der Waals surface area contributed by atoms with E-state index in [0.29, 0.717) is 0 Å². The molecule has 0 atom stereocenters. The first-order chi connectivity index (χ1) is 10.3. The van der Waals surface area contributed by atoms with Crippen LogP contribution in [0.3, 0.4) is 0 Å². The Bertz CT molecular complexity index is 470. The van der Waals surface area contributed by atoms with Crippen LogP contribution in [0.25, 0.3) is 0 Å². The third kappa shape index (κ3) is 5.84. The van der Waals surface area contributed by atoms with Crippen LogP contribution in [-0.4, -0.2) is 13.2 Å². The predicted molar refractivity (Wildman–Crippen MR) is 92.8 cm³/mol. The lowest BCUT2D eigenvalue weighted by atomic mass is 9.97. The molecule has 0 heterocycles. The van der Waals surface area contributed by atoms with Crippen molar-refractivity contribution in [1.29, 1.82) is 0 Å². The zero-order valence-electron chi connectivity index (χ0n) is 13.0. The van der Waals surface area contributed by atoms with Crippen LogP contribution in [0, 0.1) is 0 Å². The number of allylic oxidation sites excluding steroid dienone is 1. The van der Waals surface area contributed by atoms with Crippen LogP contribution >= 0.6 is 15.9 Å². The van der Waals surface area contributed by atoms with E-state index in [0.717, 1.165) is 36.3 Å². The van der Waals surface area contributed by atoms with Crippen LogP contribution in [-0.2, 0) is 6.54 Å². The SMILES string of the molecule is CCCOc1ccc(CNCCC2=CCCCC2)cc1Br. The summed E-state index contributed by atoms with van der Waals surface area (Å²) in [4.78, 5) is 0. The Morgan fingerprint density at radius 1 is 1.29 bits per heavy atom. The van der Waals surface area contributed by atoms with Crippen molar-refractivity contribution in [3.05, 3.63) is 39.9 Å². The van der Waals surface area contributed by atoms with Gasteiger partial charge in [0.05, 0.1) is 11.1 Å². The van der Waals surface area contributed by atoms with Gasteiger partial charge in [0.15, 0.2) is 0 Å². The van der Waals surface area contributed by atoms with Gasteiger partial charge in [-0.2, -0.15) is 0 Å². The number of nitrogens with one attached hydrogen (secondary N) is 1. The molecule has 0 spiro atoms. The van der Waals surface area contributed by atoms with E-state index in [4.69, 9.17) is 4.74 Å². The van der Waals surface area contributed by atoms with E-state index in [-0.39, 0.29) is 0 Å². The molecule has 0 unspecified atom stereocenters. The average Bonchev–Trinajstić information content (AvgIpc) is 2.52. The molecule has 2 nitrogen and oxygen atoms in total. The maximum atomic E-state index is 5.67. The molecule has 1 aliphatic rings. The number of benzene rings is 1. The van der Waals surface area contributed by atoms with Gasteiger partial charge in [0.25, 0.3) is 0 Å². The van der Waals surface area contributed by atoms with Crippen LogP contribution in [0.1, 0.15) is 51.0 Å². The van der Waals surface area contributed by atoms with Crippen molar-refractivity contribution < 1.29 is 4.74 Å². The van der Waals surface area contributed by atoms with Gasteiger partial charge in [0, 0.05) is 6.54 Å². The highest BCUT2D eigenvalue weighted by molar-refractivity contribution is 9.10. The summed E-state index contributed by atoms with van der Waals surface area (Å²) in [5.41, 5.74) is 2.93.